The monoisotopic (exact) mass is 272 g/mol. The van der Waals surface area contributed by atoms with Crippen molar-refractivity contribution in [2.45, 2.75) is 6.92 Å². The third-order valence-corrected chi connectivity index (χ3v) is 2.49. The summed E-state index contributed by atoms with van der Waals surface area (Å²) in [6, 6.07) is 4.13. The molecule has 6 heteroatoms. The molecule has 88 valence electrons. The van der Waals surface area contributed by atoms with Crippen molar-refractivity contribution in [3.8, 4) is 11.6 Å². The Morgan fingerprint density at radius 2 is 2.06 bits per heavy atom. The van der Waals surface area contributed by atoms with Crippen molar-refractivity contribution in [2.24, 2.45) is 0 Å². The van der Waals surface area contributed by atoms with Crippen LogP contribution in [0.3, 0.4) is 0 Å². The van der Waals surface area contributed by atoms with E-state index in [0.29, 0.717) is 11.3 Å². The first-order valence-corrected chi connectivity index (χ1v) is 5.44. The number of benzene rings is 1. The summed E-state index contributed by atoms with van der Waals surface area (Å²) in [7, 11) is 0. The Balaban J connectivity index is 2.31. The molecule has 0 spiro atoms. The number of ether oxygens (including phenoxy) is 1. The SMILES string of the molecule is Cc1cnc(Cl)nc1Oc1ccc(Cl)c(F)c1. The van der Waals surface area contributed by atoms with E-state index in [4.69, 9.17) is 27.9 Å². The van der Waals surface area contributed by atoms with Gasteiger partial charge in [-0.15, -0.1) is 0 Å². The minimum atomic E-state index is -0.554. The second-order valence-electron chi connectivity index (χ2n) is 3.31. The fourth-order valence-corrected chi connectivity index (χ4v) is 1.40. The molecule has 0 saturated carbocycles. The van der Waals surface area contributed by atoms with Crippen LogP contribution < -0.4 is 4.74 Å². The molecule has 1 heterocycles. The van der Waals surface area contributed by atoms with Crippen LogP contribution in [0.25, 0.3) is 0 Å². The fraction of sp³-hybridized carbons (Fsp3) is 0.0909. The van der Waals surface area contributed by atoms with E-state index in [0.717, 1.165) is 0 Å². The molecule has 0 fully saturated rings. The first-order valence-electron chi connectivity index (χ1n) is 4.68. The van der Waals surface area contributed by atoms with Crippen LogP contribution in [0.2, 0.25) is 10.3 Å². The molecular weight excluding hydrogens is 266 g/mol. The van der Waals surface area contributed by atoms with E-state index in [9.17, 15) is 4.39 Å². The average molecular weight is 273 g/mol. The van der Waals surface area contributed by atoms with Gasteiger partial charge in [-0.1, -0.05) is 11.6 Å². The zero-order valence-corrected chi connectivity index (χ0v) is 10.3. The molecule has 0 N–H and O–H groups in total. The zero-order chi connectivity index (χ0) is 12.4. The van der Waals surface area contributed by atoms with E-state index < -0.39 is 5.82 Å². The van der Waals surface area contributed by atoms with Crippen molar-refractivity contribution in [1.82, 2.24) is 9.97 Å². The Morgan fingerprint density at radius 3 is 2.76 bits per heavy atom. The van der Waals surface area contributed by atoms with E-state index >= 15 is 0 Å². The van der Waals surface area contributed by atoms with Gasteiger partial charge in [-0.05, 0) is 30.7 Å². The van der Waals surface area contributed by atoms with Crippen molar-refractivity contribution in [3.05, 3.63) is 46.1 Å². The second-order valence-corrected chi connectivity index (χ2v) is 4.05. The topological polar surface area (TPSA) is 35.0 Å². The number of halogens is 3. The molecule has 0 aliphatic heterocycles. The minimum Gasteiger partial charge on any atom is -0.438 e. The van der Waals surface area contributed by atoms with Gasteiger partial charge in [-0.3, -0.25) is 0 Å². The van der Waals surface area contributed by atoms with E-state index in [1.807, 2.05) is 0 Å². The standard InChI is InChI=1S/C11H7Cl2FN2O/c1-6-5-15-11(13)16-10(6)17-7-2-3-8(12)9(14)4-7/h2-5H,1H3. The molecule has 17 heavy (non-hydrogen) atoms. The molecular formula is C11H7Cl2FN2O. The lowest BCUT2D eigenvalue weighted by Gasteiger charge is -2.07. The van der Waals surface area contributed by atoms with Crippen molar-refractivity contribution >= 4 is 23.2 Å². The van der Waals surface area contributed by atoms with Crippen molar-refractivity contribution < 1.29 is 9.13 Å². The van der Waals surface area contributed by atoms with Gasteiger partial charge in [0.25, 0.3) is 0 Å². The molecule has 1 aromatic carbocycles. The summed E-state index contributed by atoms with van der Waals surface area (Å²) in [6.45, 7) is 1.76. The minimum absolute atomic E-state index is 0.0368. The van der Waals surface area contributed by atoms with Crippen LogP contribution in [0.5, 0.6) is 11.6 Å². The Morgan fingerprint density at radius 1 is 1.29 bits per heavy atom. The molecule has 0 atom stereocenters. The van der Waals surface area contributed by atoms with Crippen LogP contribution in [-0.4, -0.2) is 9.97 Å². The largest absolute Gasteiger partial charge is 0.438 e. The summed E-state index contributed by atoms with van der Waals surface area (Å²) in [5.41, 5.74) is 0.699. The number of aromatic nitrogens is 2. The quantitative estimate of drug-likeness (QED) is 0.775. The molecule has 0 unspecified atom stereocenters. The lowest BCUT2D eigenvalue weighted by atomic mass is 10.3. The molecule has 1 aromatic heterocycles. The Bertz CT molecular complexity index is 563. The highest BCUT2D eigenvalue weighted by molar-refractivity contribution is 6.30. The summed E-state index contributed by atoms with van der Waals surface area (Å²) in [5.74, 6) is 0.0264. The first kappa shape index (κ1) is 12.1. The van der Waals surface area contributed by atoms with E-state index in [1.165, 1.54) is 18.3 Å². The summed E-state index contributed by atoms with van der Waals surface area (Å²) >= 11 is 11.2. The molecule has 2 rings (SSSR count). The van der Waals surface area contributed by atoms with E-state index in [1.54, 1.807) is 13.0 Å². The highest BCUT2D eigenvalue weighted by Crippen LogP contribution is 2.26. The number of nitrogens with zero attached hydrogens (tertiary/aromatic N) is 2. The zero-order valence-electron chi connectivity index (χ0n) is 8.75. The molecule has 0 bridgehead atoms. The summed E-state index contributed by atoms with van der Waals surface area (Å²) in [5, 5.41) is 0.106. The maximum atomic E-state index is 13.2. The molecule has 0 radical (unpaired) electrons. The van der Waals surface area contributed by atoms with Crippen LogP contribution in [0.4, 0.5) is 4.39 Å². The second kappa shape index (κ2) is 4.85. The summed E-state index contributed by atoms with van der Waals surface area (Å²) in [4.78, 5) is 7.69. The maximum absolute atomic E-state index is 13.2. The Labute approximate surface area is 107 Å². The molecule has 0 saturated heterocycles. The fourth-order valence-electron chi connectivity index (χ4n) is 1.16. The van der Waals surface area contributed by atoms with Crippen LogP contribution >= 0.6 is 23.2 Å². The van der Waals surface area contributed by atoms with Gasteiger partial charge in [0.1, 0.15) is 11.6 Å². The van der Waals surface area contributed by atoms with Crippen molar-refractivity contribution in [1.29, 1.82) is 0 Å². The average Bonchev–Trinajstić information content (AvgIpc) is 2.29. The van der Waals surface area contributed by atoms with Gasteiger partial charge in [0.15, 0.2) is 0 Å². The lowest BCUT2D eigenvalue weighted by Crippen LogP contribution is -1.94. The van der Waals surface area contributed by atoms with Crippen LogP contribution in [0.15, 0.2) is 24.4 Å². The Hall–Kier alpha value is -1.39. The van der Waals surface area contributed by atoms with Gasteiger partial charge < -0.3 is 4.74 Å². The predicted molar refractivity (Wildman–Crippen MR) is 63.3 cm³/mol. The normalized spacial score (nSPS) is 10.4. The van der Waals surface area contributed by atoms with E-state index in [2.05, 4.69) is 9.97 Å². The number of aryl methyl sites for hydroxylation is 1. The van der Waals surface area contributed by atoms with Gasteiger partial charge in [0, 0.05) is 17.8 Å². The molecule has 0 amide bonds. The number of hydrogen-bond donors (Lipinski definition) is 0. The van der Waals surface area contributed by atoms with Gasteiger partial charge in [-0.2, -0.15) is 4.98 Å². The van der Waals surface area contributed by atoms with Crippen molar-refractivity contribution in [2.75, 3.05) is 0 Å². The highest BCUT2D eigenvalue weighted by Gasteiger charge is 2.07. The van der Waals surface area contributed by atoms with Crippen molar-refractivity contribution in [3.63, 3.8) is 0 Å². The van der Waals surface area contributed by atoms with E-state index in [-0.39, 0.29) is 16.2 Å². The molecule has 0 aliphatic carbocycles. The van der Waals surface area contributed by atoms with Crippen LogP contribution in [0.1, 0.15) is 5.56 Å². The number of hydrogen-bond acceptors (Lipinski definition) is 3. The van der Waals surface area contributed by atoms with Crippen LogP contribution in [0, 0.1) is 12.7 Å². The number of rotatable bonds is 2. The van der Waals surface area contributed by atoms with Gasteiger partial charge >= 0.3 is 0 Å². The smallest absolute Gasteiger partial charge is 0.226 e. The first-order chi connectivity index (χ1) is 8.06. The molecule has 3 nitrogen and oxygen atoms in total. The lowest BCUT2D eigenvalue weighted by molar-refractivity contribution is 0.453. The van der Waals surface area contributed by atoms with Gasteiger partial charge in [0.2, 0.25) is 11.2 Å². The predicted octanol–water partition coefficient (Wildman–Crippen LogP) is 4.02. The van der Waals surface area contributed by atoms with Gasteiger partial charge in [-0.25, -0.2) is 9.37 Å². The van der Waals surface area contributed by atoms with Gasteiger partial charge in [0.05, 0.1) is 5.02 Å². The molecule has 0 aliphatic rings. The third kappa shape index (κ3) is 2.84. The summed E-state index contributed by atoms with van der Waals surface area (Å²) < 4.78 is 18.6. The summed E-state index contributed by atoms with van der Waals surface area (Å²) in [6.07, 6.45) is 1.52. The third-order valence-electron chi connectivity index (χ3n) is 2.00. The maximum Gasteiger partial charge on any atom is 0.226 e. The Kier molecular flexibility index (Phi) is 3.45. The molecule has 2 aromatic rings. The highest BCUT2D eigenvalue weighted by atomic mass is 35.5. The van der Waals surface area contributed by atoms with Crippen LogP contribution in [-0.2, 0) is 0 Å².